The van der Waals surface area contributed by atoms with Crippen LogP contribution in [0.15, 0.2) is 70.7 Å². The number of amides is 2. The zero-order valence-electron chi connectivity index (χ0n) is 20.1. The van der Waals surface area contributed by atoms with Crippen molar-refractivity contribution in [2.45, 2.75) is 19.0 Å². The van der Waals surface area contributed by atoms with Crippen molar-refractivity contribution in [1.82, 2.24) is 9.80 Å². The van der Waals surface area contributed by atoms with Gasteiger partial charge in [0.1, 0.15) is 12.3 Å². The van der Waals surface area contributed by atoms with Gasteiger partial charge in [0, 0.05) is 27.0 Å². The van der Waals surface area contributed by atoms with Crippen LogP contribution >= 0.6 is 34.5 Å². The number of ether oxygens (including phenoxy) is 2. The first-order valence-electron chi connectivity index (χ1n) is 12.0. The van der Waals surface area contributed by atoms with Gasteiger partial charge < -0.3 is 23.7 Å². The first-order chi connectivity index (χ1) is 18.5. The first kappa shape index (κ1) is 24.9. The molecule has 2 amide bonds. The fourth-order valence-electron chi connectivity index (χ4n) is 4.90. The van der Waals surface area contributed by atoms with Crippen LogP contribution in [0.4, 0.5) is 0 Å². The van der Waals surface area contributed by atoms with E-state index in [-0.39, 0.29) is 37.7 Å². The van der Waals surface area contributed by atoms with Crippen LogP contribution in [0.2, 0.25) is 10.0 Å². The minimum absolute atomic E-state index is 0.107. The van der Waals surface area contributed by atoms with Gasteiger partial charge in [0.15, 0.2) is 11.5 Å². The number of nitrogens with zero attached hydrogens (tertiary/aromatic N) is 2. The second kappa shape index (κ2) is 10.4. The number of thiophene rings is 1. The molecule has 0 radical (unpaired) electrons. The quantitative estimate of drug-likeness (QED) is 0.277. The topological polar surface area (TPSA) is 72.2 Å². The van der Waals surface area contributed by atoms with Crippen LogP contribution < -0.4 is 9.47 Å². The molecule has 0 saturated carbocycles. The van der Waals surface area contributed by atoms with E-state index >= 15 is 0 Å². The number of rotatable bonds is 6. The Balaban J connectivity index is 1.32. The SMILES string of the molecule is O=C(c1ccc2c(c1)OCO2)N(CC(=O)N1CCc2sccc2[C@@H]1c1ccc(Cl)cc1Cl)Cc1ccco1. The van der Waals surface area contributed by atoms with Crippen LogP contribution in [0.25, 0.3) is 0 Å². The summed E-state index contributed by atoms with van der Waals surface area (Å²) >= 11 is 14.5. The number of furan rings is 1. The maximum Gasteiger partial charge on any atom is 0.254 e. The van der Waals surface area contributed by atoms with Crippen LogP contribution in [0.1, 0.15) is 38.2 Å². The lowest BCUT2D eigenvalue weighted by Crippen LogP contribution is -2.46. The standard InChI is InChI=1S/C28H22Cl2N2O5S/c29-18-4-5-20(22(30)13-18)27-21-8-11-38-25(21)7-9-32(27)26(33)15-31(14-19-2-1-10-35-19)28(34)17-3-6-23-24(12-17)37-16-36-23/h1-6,8,10-13,27H,7,9,14-16H2/t27-/m0/s1. The highest BCUT2D eigenvalue weighted by Crippen LogP contribution is 2.41. The normalized spacial score (nSPS) is 15.8. The van der Waals surface area contributed by atoms with E-state index in [4.69, 9.17) is 37.1 Å². The lowest BCUT2D eigenvalue weighted by molar-refractivity contribution is -0.134. The van der Waals surface area contributed by atoms with E-state index in [1.807, 2.05) is 17.5 Å². The molecule has 2 aromatic carbocycles. The third kappa shape index (κ3) is 4.75. The molecule has 0 fully saturated rings. The van der Waals surface area contributed by atoms with Gasteiger partial charge >= 0.3 is 0 Å². The Morgan fingerprint density at radius 1 is 1.03 bits per heavy atom. The summed E-state index contributed by atoms with van der Waals surface area (Å²) in [5.41, 5.74) is 2.23. The number of hydrogen-bond acceptors (Lipinski definition) is 6. The monoisotopic (exact) mass is 568 g/mol. The smallest absolute Gasteiger partial charge is 0.254 e. The predicted molar refractivity (Wildman–Crippen MR) is 144 cm³/mol. The Kier molecular flexibility index (Phi) is 6.78. The molecule has 0 aliphatic carbocycles. The van der Waals surface area contributed by atoms with E-state index in [0.29, 0.717) is 39.4 Å². The second-order valence-corrected chi connectivity index (χ2v) is 10.9. The molecule has 10 heteroatoms. The molecule has 0 spiro atoms. The zero-order chi connectivity index (χ0) is 26.2. The van der Waals surface area contributed by atoms with Gasteiger partial charge in [-0.25, -0.2) is 0 Å². The van der Waals surface area contributed by atoms with Crippen molar-refractivity contribution < 1.29 is 23.5 Å². The van der Waals surface area contributed by atoms with Gasteiger partial charge in [-0.05, 0) is 71.5 Å². The van der Waals surface area contributed by atoms with Crippen LogP contribution in [-0.4, -0.2) is 41.5 Å². The van der Waals surface area contributed by atoms with Gasteiger partial charge in [-0.1, -0.05) is 29.3 Å². The molecule has 1 atom stereocenters. The summed E-state index contributed by atoms with van der Waals surface area (Å²) in [6.45, 7) is 0.601. The fourth-order valence-corrected chi connectivity index (χ4v) is 6.32. The Bertz CT molecular complexity index is 1500. The van der Waals surface area contributed by atoms with Gasteiger partial charge in [-0.15, -0.1) is 11.3 Å². The maximum absolute atomic E-state index is 13.9. The van der Waals surface area contributed by atoms with E-state index in [0.717, 1.165) is 17.5 Å². The van der Waals surface area contributed by atoms with Crippen molar-refractivity contribution in [3.63, 3.8) is 0 Å². The van der Waals surface area contributed by atoms with E-state index < -0.39 is 0 Å². The number of halogens is 2. The van der Waals surface area contributed by atoms with Crippen LogP contribution in [0.3, 0.4) is 0 Å². The first-order valence-corrected chi connectivity index (χ1v) is 13.6. The molecule has 4 aromatic rings. The van der Waals surface area contributed by atoms with Crippen molar-refractivity contribution in [1.29, 1.82) is 0 Å². The Labute approximate surface area is 233 Å². The molecule has 4 heterocycles. The second-order valence-electron chi connectivity index (χ2n) is 9.01. The van der Waals surface area contributed by atoms with Crippen molar-refractivity contribution >= 4 is 46.4 Å². The molecule has 2 aromatic heterocycles. The predicted octanol–water partition coefficient (Wildman–Crippen LogP) is 6.19. The zero-order valence-corrected chi connectivity index (χ0v) is 22.4. The van der Waals surface area contributed by atoms with Gasteiger partial charge in [-0.2, -0.15) is 0 Å². The van der Waals surface area contributed by atoms with Crippen LogP contribution in [0, 0.1) is 0 Å². The highest BCUT2D eigenvalue weighted by atomic mass is 35.5. The highest BCUT2D eigenvalue weighted by molar-refractivity contribution is 7.10. The van der Waals surface area contributed by atoms with Gasteiger partial charge in [-0.3, -0.25) is 9.59 Å². The summed E-state index contributed by atoms with van der Waals surface area (Å²) in [7, 11) is 0. The van der Waals surface area contributed by atoms with Crippen LogP contribution in [-0.2, 0) is 17.8 Å². The minimum Gasteiger partial charge on any atom is -0.467 e. The average Bonchev–Trinajstić information content (AvgIpc) is 3.69. The average molecular weight is 569 g/mol. The molecule has 38 heavy (non-hydrogen) atoms. The third-order valence-corrected chi connectivity index (χ3v) is 8.26. The lowest BCUT2D eigenvalue weighted by Gasteiger charge is -2.38. The van der Waals surface area contributed by atoms with E-state index in [1.54, 1.807) is 65.0 Å². The van der Waals surface area contributed by atoms with Crippen molar-refractivity contribution in [2.75, 3.05) is 19.9 Å². The number of carbonyl (C=O) groups is 2. The molecule has 0 unspecified atom stereocenters. The summed E-state index contributed by atoms with van der Waals surface area (Å²) in [5, 5.41) is 3.04. The molecular weight excluding hydrogens is 547 g/mol. The summed E-state index contributed by atoms with van der Waals surface area (Å²) in [5.74, 6) is 1.14. The van der Waals surface area contributed by atoms with Gasteiger partial charge in [0.2, 0.25) is 12.7 Å². The van der Waals surface area contributed by atoms with E-state index in [9.17, 15) is 9.59 Å². The number of benzene rings is 2. The summed E-state index contributed by atoms with van der Waals surface area (Å²) in [6, 6.07) is 15.5. The molecule has 0 N–H and O–H groups in total. The molecule has 0 saturated heterocycles. The number of carbonyl (C=O) groups excluding carboxylic acids is 2. The summed E-state index contributed by atoms with van der Waals surface area (Å²) in [6.07, 6.45) is 2.27. The lowest BCUT2D eigenvalue weighted by atomic mass is 9.93. The van der Waals surface area contributed by atoms with Crippen molar-refractivity contribution in [3.8, 4) is 11.5 Å². The minimum atomic E-state index is -0.381. The number of hydrogen-bond donors (Lipinski definition) is 0. The Morgan fingerprint density at radius 3 is 2.71 bits per heavy atom. The molecule has 2 aliphatic rings. The Morgan fingerprint density at radius 2 is 1.89 bits per heavy atom. The van der Waals surface area contributed by atoms with E-state index in [1.165, 1.54) is 9.78 Å². The van der Waals surface area contributed by atoms with E-state index in [2.05, 4.69) is 0 Å². The third-order valence-electron chi connectivity index (χ3n) is 6.70. The molecular formula is C28H22Cl2N2O5S. The number of fused-ring (bicyclic) bond motifs is 2. The molecule has 194 valence electrons. The fraction of sp³-hybridized carbons (Fsp3) is 0.214. The van der Waals surface area contributed by atoms with Gasteiger partial charge in [0.05, 0.1) is 18.8 Å². The summed E-state index contributed by atoms with van der Waals surface area (Å²) in [4.78, 5) is 32.1. The Hall–Kier alpha value is -3.46. The largest absolute Gasteiger partial charge is 0.467 e. The molecule has 7 nitrogen and oxygen atoms in total. The van der Waals surface area contributed by atoms with Crippen molar-refractivity contribution in [3.05, 3.63) is 104 Å². The highest BCUT2D eigenvalue weighted by Gasteiger charge is 2.35. The van der Waals surface area contributed by atoms with Crippen LogP contribution in [0.5, 0.6) is 11.5 Å². The molecule has 6 rings (SSSR count). The molecule has 2 aliphatic heterocycles. The van der Waals surface area contributed by atoms with Crippen molar-refractivity contribution in [2.24, 2.45) is 0 Å². The summed E-state index contributed by atoms with van der Waals surface area (Å²) < 4.78 is 16.3. The maximum atomic E-state index is 13.9. The molecule has 0 bridgehead atoms. The van der Waals surface area contributed by atoms with Gasteiger partial charge in [0.25, 0.3) is 5.91 Å².